The highest BCUT2D eigenvalue weighted by atomic mass is 32.2. The van der Waals surface area contributed by atoms with Gasteiger partial charge in [0, 0.05) is 6.20 Å². The van der Waals surface area contributed by atoms with E-state index in [4.69, 9.17) is 16.6 Å². The molecule has 1 aliphatic rings. The molecule has 0 radical (unpaired) electrons. The number of thiocarbonyl (C=S) groups is 1. The number of rotatable bonds is 6. The molecule has 0 unspecified atom stereocenters. The van der Waals surface area contributed by atoms with E-state index < -0.39 is 0 Å². The summed E-state index contributed by atoms with van der Waals surface area (Å²) in [5.41, 5.74) is 2.63. The van der Waals surface area contributed by atoms with Gasteiger partial charge in [-0.3, -0.25) is 18.9 Å². The molecule has 4 aromatic rings. The molecular formula is C25H20N4O3S2. The van der Waals surface area contributed by atoms with Crippen LogP contribution in [0.15, 0.2) is 81.2 Å². The van der Waals surface area contributed by atoms with Gasteiger partial charge in [0.05, 0.1) is 29.8 Å². The second-order valence-corrected chi connectivity index (χ2v) is 9.47. The van der Waals surface area contributed by atoms with E-state index in [2.05, 4.69) is 10.3 Å². The minimum absolute atomic E-state index is 0.231. The number of furan rings is 1. The van der Waals surface area contributed by atoms with Crippen LogP contribution in [0.5, 0.6) is 0 Å². The van der Waals surface area contributed by atoms with Gasteiger partial charge in [-0.15, -0.1) is 0 Å². The van der Waals surface area contributed by atoms with E-state index >= 15 is 0 Å². The van der Waals surface area contributed by atoms with Crippen molar-refractivity contribution in [1.29, 1.82) is 0 Å². The van der Waals surface area contributed by atoms with E-state index in [1.54, 1.807) is 41.6 Å². The number of carbonyl (C=O) groups excluding carboxylic acids is 1. The lowest BCUT2D eigenvalue weighted by molar-refractivity contribution is -0.122. The van der Waals surface area contributed by atoms with Gasteiger partial charge in [-0.05, 0) is 42.8 Å². The average molecular weight is 489 g/mol. The maximum Gasteiger partial charge on any atom is 0.267 e. The van der Waals surface area contributed by atoms with E-state index in [0.717, 1.165) is 11.1 Å². The molecule has 0 bridgehead atoms. The second-order valence-electron chi connectivity index (χ2n) is 7.79. The predicted octanol–water partition coefficient (Wildman–Crippen LogP) is 4.61. The fourth-order valence-electron chi connectivity index (χ4n) is 3.60. The summed E-state index contributed by atoms with van der Waals surface area (Å²) in [6, 6.07) is 16.9. The van der Waals surface area contributed by atoms with Crippen LogP contribution in [-0.4, -0.2) is 24.5 Å². The Bertz CT molecular complexity index is 1470. The van der Waals surface area contributed by atoms with Crippen LogP contribution >= 0.6 is 24.0 Å². The molecule has 5 rings (SSSR count). The maximum absolute atomic E-state index is 13.3. The topological polar surface area (TPSA) is 79.8 Å². The number of pyridine rings is 1. The molecule has 1 saturated heterocycles. The van der Waals surface area contributed by atoms with Crippen LogP contribution in [0.1, 0.15) is 22.5 Å². The van der Waals surface area contributed by atoms with Crippen molar-refractivity contribution in [2.75, 3.05) is 5.32 Å². The van der Waals surface area contributed by atoms with Crippen LogP contribution in [0.3, 0.4) is 0 Å². The molecule has 1 N–H and O–H groups in total. The van der Waals surface area contributed by atoms with Crippen molar-refractivity contribution < 1.29 is 9.21 Å². The summed E-state index contributed by atoms with van der Waals surface area (Å²) in [6.07, 6.45) is 4.81. The molecule has 0 atom stereocenters. The van der Waals surface area contributed by atoms with Crippen LogP contribution in [0, 0.1) is 6.92 Å². The number of thioether (sulfide) groups is 1. The second kappa shape index (κ2) is 9.28. The largest absolute Gasteiger partial charge is 0.467 e. The molecule has 0 saturated carbocycles. The number of hydrogen-bond acceptors (Lipinski definition) is 7. The fourth-order valence-corrected chi connectivity index (χ4v) is 4.83. The molecule has 1 aromatic carbocycles. The Labute approximate surface area is 205 Å². The van der Waals surface area contributed by atoms with E-state index in [1.807, 2.05) is 43.3 Å². The number of carbonyl (C=O) groups is 1. The molecule has 7 nitrogen and oxygen atoms in total. The molecule has 1 aliphatic heterocycles. The van der Waals surface area contributed by atoms with Crippen LogP contribution in [-0.2, 0) is 17.9 Å². The third-order valence-corrected chi connectivity index (χ3v) is 6.77. The molecule has 34 heavy (non-hydrogen) atoms. The number of nitrogens with zero attached hydrogens (tertiary/aromatic N) is 3. The minimum Gasteiger partial charge on any atom is -0.467 e. The third kappa shape index (κ3) is 4.40. The smallest absolute Gasteiger partial charge is 0.267 e. The number of aryl methyl sites for hydroxylation is 1. The van der Waals surface area contributed by atoms with Crippen molar-refractivity contribution in [3.8, 4) is 0 Å². The summed E-state index contributed by atoms with van der Waals surface area (Å²) in [4.78, 5) is 33.1. The standard InChI is InChI=1S/C25H20N4O3S2/c1-16-7-9-17(10-8-16)15-29-24(31)20(34-25(29)33)13-19-22(26-14-18-5-4-12-32-18)27-21-6-2-3-11-28(21)23(19)30/h2-13,26H,14-15H2,1H3. The zero-order valence-corrected chi connectivity index (χ0v) is 19.9. The molecule has 4 heterocycles. The quantitative estimate of drug-likeness (QED) is 0.314. The monoisotopic (exact) mass is 488 g/mol. The SMILES string of the molecule is Cc1ccc(CN2C(=O)C(=Cc3c(NCc4ccco4)nc4ccccn4c3=O)SC2=S)cc1. The van der Waals surface area contributed by atoms with E-state index in [0.29, 0.717) is 39.5 Å². The zero-order chi connectivity index (χ0) is 23.7. The molecule has 9 heteroatoms. The Morgan fingerprint density at radius 3 is 2.71 bits per heavy atom. The fraction of sp³-hybridized carbons (Fsp3) is 0.120. The van der Waals surface area contributed by atoms with Gasteiger partial charge in [-0.25, -0.2) is 4.98 Å². The summed E-state index contributed by atoms with van der Waals surface area (Å²) < 4.78 is 7.29. The predicted molar refractivity (Wildman–Crippen MR) is 137 cm³/mol. The Kier molecular flexibility index (Phi) is 6.04. The Morgan fingerprint density at radius 1 is 1.12 bits per heavy atom. The van der Waals surface area contributed by atoms with Crippen LogP contribution in [0.4, 0.5) is 5.82 Å². The molecule has 0 aliphatic carbocycles. The van der Waals surface area contributed by atoms with Gasteiger partial charge in [0.1, 0.15) is 21.5 Å². The number of amides is 1. The van der Waals surface area contributed by atoms with Gasteiger partial charge in [-0.2, -0.15) is 0 Å². The van der Waals surface area contributed by atoms with Crippen LogP contribution < -0.4 is 10.9 Å². The summed E-state index contributed by atoms with van der Waals surface area (Å²) >= 11 is 6.67. The van der Waals surface area contributed by atoms with E-state index in [1.165, 1.54) is 16.2 Å². The first-order valence-corrected chi connectivity index (χ1v) is 11.8. The summed E-state index contributed by atoms with van der Waals surface area (Å²) in [7, 11) is 0. The molecular weight excluding hydrogens is 468 g/mol. The number of anilines is 1. The van der Waals surface area contributed by atoms with E-state index in [9.17, 15) is 9.59 Å². The van der Waals surface area contributed by atoms with Crippen LogP contribution in [0.2, 0.25) is 0 Å². The lowest BCUT2D eigenvalue weighted by Gasteiger charge is -2.14. The van der Waals surface area contributed by atoms with Gasteiger partial charge in [0.25, 0.3) is 11.5 Å². The zero-order valence-electron chi connectivity index (χ0n) is 18.2. The van der Waals surface area contributed by atoms with Crippen molar-refractivity contribution >= 4 is 51.7 Å². The first-order chi connectivity index (χ1) is 16.5. The number of benzene rings is 1. The highest BCUT2D eigenvalue weighted by molar-refractivity contribution is 8.26. The Morgan fingerprint density at radius 2 is 1.94 bits per heavy atom. The molecule has 3 aromatic heterocycles. The lowest BCUT2D eigenvalue weighted by atomic mass is 10.1. The summed E-state index contributed by atoms with van der Waals surface area (Å²) in [6.45, 7) is 2.73. The molecule has 1 fully saturated rings. The highest BCUT2D eigenvalue weighted by Crippen LogP contribution is 2.34. The first kappa shape index (κ1) is 22.1. The van der Waals surface area contributed by atoms with Crippen molar-refractivity contribution in [2.45, 2.75) is 20.0 Å². The third-order valence-electron chi connectivity index (χ3n) is 5.39. The van der Waals surface area contributed by atoms with Crippen LogP contribution in [0.25, 0.3) is 11.7 Å². The first-order valence-electron chi connectivity index (χ1n) is 10.6. The summed E-state index contributed by atoms with van der Waals surface area (Å²) in [5, 5.41) is 3.18. The van der Waals surface area contributed by atoms with Gasteiger partial charge in [0.2, 0.25) is 0 Å². The average Bonchev–Trinajstić information content (AvgIpc) is 3.45. The number of hydrogen-bond donors (Lipinski definition) is 1. The lowest BCUT2D eigenvalue weighted by Crippen LogP contribution is -2.27. The number of nitrogens with one attached hydrogen (secondary N) is 1. The molecule has 0 spiro atoms. The summed E-state index contributed by atoms with van der Waals surface area (Å²) in [5.74, 6) is 0.840. The maximum atomic E-state index is 13.3. The van der Waals surface area contributed by atoms with Gasteiger partial charge >= 0.3 is 0 Å². The van der Waals surface area contributed by atoms with Gasteiger partial charge in [-0.1, -0.05) is 59.9 Å². The Balaban J connectivity index is 1.50. The van der Waals surface area contributed by atoms with Crippen molar-refractivity contribution in [1.82, 2.24) is 14.3 Å². The normalized spacial score (nSPS) is 15.0. The Hall–Kier alpha value is -3.69. The van der Waals surface area contributed by atoms with Crippen molar-refractivity contribution in [2.24, 2.45) is 0 Å². The number of aromatic nitrogens is 2. The minimum atomic E-state index is -0.281. The van der Waals surface area contributed by atoms with Gasteiger partial charge < -0.3 is 9.73 Å². The van der Waals surface area contributed by atoms with E-state index in [-0.39, 0.29) is 17.0 Å². The van der Waals surface area contributed by atoms with Gasteiger partial charge in [0.15, 0.2) is 0 Å². The number of fused-ring (bicyclic) bond motifs is 1. The highest BCUT2D eigenvalue weighted by Gasteiger charge is 2.32. The van der Waals surface area contributed by atoms with Crippen molar-refractivity contribution in [3.05, 3.63) is 105 Å². The molecule has 170 valence electrons. The van der Waals surface area contributed by atoms with Crippen molar-refractivity contribution in [3.63, 3.8) is 0 Å². The molecule has 1 amide bonds.